The summed E-state index contributed by atoms with van der Waals surface area (Å²) in [6.45, 7) is 4.82. The average Bonchev–Trinajstić information content (AvgIpc) is 2.87. The van der Waals surface area contributed by atoms with Crippen LogP contribution in [-0.4, -0.2) is 12.5 Å². The molecule has 2 rings (SSSR count). The topological polar surface area (TPSA) is 29.1 Å². The lowest BCUT2D eigenvalue weighted by Gasteiger charge is -2.16. The lowest BCUT2D eigenvalue weighted by atomic mass is 9.96. The predicted molar refractivity (Wildman–Crippen MR) is 80.9 cm³/mol. The molecular weight excluding hydrogens is 254 g/mol. The number of aryl methyl sites for hydroxylation is 1. The van der Waals surface area contributed by atoms with Crippen LogP contribution in [-0.2, 0) is 0 Å². The highest BCUT2D eigenvalue weighted by Crippen LogP contribution is 2.19. The molecule has 0 aliphatic carbocycles. The van der Waals surface area contributed by atoms with Gasteiger partial charge in [0.15, 0.2) is 0 Å². The van der Waals surface area contributed by atoms with Gasteiger partial charge in [-0.2, -0.15) is 0 Å². The van der Waals surface area contributed by atoms with Gasteiger partial charge in [-0.3, -0.25) is 4.79 Å². The summed E-state index contributed by atoms with van der Waals surface area (Å²) in [6.07, 6.45) is 1.02. The SMILES string of the molecule is CCC(CNC(=O)c1sccc1C)c1ccccc1. The summed E-state index contributed by atoms with van der Waals surface area (Å²) in [6, 6.07) is 12.3. The Labute approximate surface area is 118 Å². The number of carbonyl (C=O) groups is 1. The Balaban J connectivity index is 1.98. The molecule has 0 fully saturated rings. The number of rotatable bonds is 5. The van der Waals surface area contributed by atoms with Gasteiger partial charge in [-0.05, 0) is 35.9 Å². The number of thiophene rings is 1. The van der Waals surface area contributed by atoms with Crippen molar-refractivity contribution < 1.29 is 4.79 Å². The third-order valence-corrected chi connectivity index (χ3v) is 4.36. The van der Waals surface area contributed by atoms with Crippen molar-refractivity contribution in [1.82, 2.24) is 5.32 Å². The van der Waals surface area contributed by atoms with Crippen molar-refractivity contribution in [3.8, 4) is 0 Å². The summed E-state index contributed by atoms with van der Waals surface area (Å²) < 4.78 is 0. The molecule has 0 saturated heterocycles. The quantitative estimate of drug-likeness (QED) is 0.877. The van der Waals surface area contributed by atoms with Gasteiger partial charge in [0.2, 0.25) is 0 Å². The van der Waals surface area contributed by atoms with Crippen LogP contribution in [0.1, 0.15) is 40.1 Å². The highest BCUT2D eigenvalue weighted by molar-refractivity contribution is 7.12. The Hall–Kier alpha value is -1.61. The Morgan fingerprint density at radius 3 is 2.58 bits per heavy atom. The van der Waals surface area contributed by atoms with Crippen LogP contribution < -0.4 is 5.32 Å². The normalized spacial score (nSPS) is 12.1. The number of amides is 1. The number of hydrogen-bond donors (Lipinski definition) is 1. The predicted octanol–water partition coefficient (Wildman–Crippen LogP) is 3.98. The fraction of sp³-hybridized carbons (Fsp3) is 0.312. The first-order valence-corrected chi connectivity index (χ1v) is 7.47. The smallest absolute Gasteiger partial charge is 0.261 e. The zero-order valence-corrected chi connectivity index (χ0v) is 12.2. The molecule has 19 heavy (non-hydrogen) atoms. The van der Waals surface area contributed by atoms with Gasteiger partial charge in [0.05, 0.1) is 4.88 Å². The van der Waals surface area contributed by atoms with Crippen LogP contribution in [0.15, 0.2) is 41.8 Å². The molecule has 3 heteroatoms. The maximum atomic E-state index is 12.1. The van der Waals surface area contributed by atoms with E-state index < -0.39 is 0 Å². The number of hydrogen-bond acceptors (Lipinski definition) is 2. The molecule has 1 aromatic heterocycles. The van der Waals surface area contributed by atoms with Crippen molar-refractivity contribution in [3.05, 3.63) is 57.8 Å². The Bertz CT molecular complexity index is 533. The molecule has 2 nitrogen and oxygen atoms in total. The molecular formula is C16H19NOS. The van der Waals surface area contributed by atoms with E-state index >= 15 is 0 Å². The van der Waals surface area contributed by atoms with Crippen molar-refractivity contribution in [3.63, 3.8) is 0 Å². The minimum Gasteiger partial charge on any atom is -0.351 e. The van der Waals surface area contributed by atoms with E-state index in [0.717, 1.165) is 16.9 Å². The average molecular weight is 273 g/mol. The molecule has 1 atom stereocenters. The monoisotopic (exact) mass is 273 g/mol. The molecule has 0 aliphatic rings. The third-order valence-electron chi connectivity index (χ3n) is 3.34. The molecule has 0 radical (unpaired) electrons. The van der Waals surface area contributed by atoms with Crippen LogP contribution in [0.4, 0.5) is 0 Å². The largest absolute Gasteiger partial charge is 0.351 e. The zero-order valence-electron chi connectivity index (χ0n) is 11.3. The second kappa shape index (κ2) is 6.53. The minimum atomic E-state index is 0.0434. The van der Waals surface area contributed by atoms with E-state index in [4.69, 9.17) is 0 Å². The fourth-order valence-electron chi connectivity index (χ4n) is 2.12. The van der Waals surface area contributed by atoms with Crippen molar-refractivity contribution >= 4 is 17.2 Å². The van der Waals surface area contributed by atoms with Gasteiger partial charge in [-0.25, -0.2) is 0 Å². The van der Waals surface area contributed by atoms with Crippen molar-refractivity contribution in [2.45, 2.75) is 26.2 Å². The molecule has 1 unspecified atom stereocenters. The van der Waals surface area contributed by atoms with E-state index in [9.17, 15) is 4.79 Å². The first kappa shape index (κ1) is 13.8. The second-order valence-corrected chi connectivity index (χ2v) is 5.57. The van der Waals surface area contributed by atoms with E-state index in [2.05, 4.69) is 24.4 Å². The van der Waals surface area contributed by atoms with Gasteiger partial charge in [0.25, 0.3) is 5.91 Å². The van der Waals surface area contributed by atoms with Crippen LogP contribution in [0.3, 0.4) is 0 Å². The number of nitrogens with one attached hydrogen (secondary N) is 1. The van der Waals surface area contributed by atoms with Gasteiger partial charge in [-0.1, -0.05) is 37.3 Å². The fourth-order valence-corrected chi connectivity index (χ4v) is 2.97. The van der Waals surface area contributed by atoms with E-state index in [1.165, 1.54) is 16.9 Å². The maximum Gasteiger partial charge on any atom is 0.261 e. The summed E-state index contributed by atoms with van der Waals surface area (Å²) in [7, 11) is 0. The van der Waals surface area contributed by atoms with Gasteiger partial charge >= 0.3 is 0 Å². The van der Waals surface area contributed by atoms with E-state index in [0.29, 0.717) is 12.5 Å². The van der Waals surface area contributed by atoms with Crippen LogP contribution in [0, 0.1) is 6.92 Å². The Kier molecular flexibility index (Phi) is 4.74. The molecule has 0 saturated carbocycles. The van der Waals surface area contributed by atoms with E-state index in [1.54, 1.807) is 0 Å². The molecule has 1 aromatic carbocycles. The van der Waals surface area contributed by atoms with Crippen molar-refractivity contribution in [2.24, 2.45) is 0 Å². The molecule has 0 spiro atoms. The third kappa shape index (κ3) is 3.44. The second-order valence-electron chi connectivity index (χ2n) is 4.66. The maximum absolute atomic E-state index is 12.1. The van der Waals surface area contributed by atoms with Crippen LogP contribution in [0.2, 0.25) is 0 Å². The van der Waals surface area contributed by atoms with Gasteiger partial charge in [0.1, 0.15) is 0 Å². The van der Waals surface area contributed by atoms with E-state index in [1.807, 2.05) is 36.6 Å². The molecule has 1 N–H and O–H groups in total. The lowest BCUT2D eigenvalue weighted by molar-refractivity contribution is 0.0954. The summed E-state index contributed by atoms with van der Waals surface area (Å²) in [5.41, 5.74) is 2.34. The van der Waals surface area contributed by atoms with Crippen LogP contribution in [0.25, 0.3) is 0 Å². The first-order valence-electron chi connectivity index (χ1n) is 6.59. The molecule has 2 aromatic rings. The molecule has 100 valence electrons. The summed E-state index contributed by atoms with van der Waals surface area (Å²) in [5, 5.41) is 5.00. The Morgan fingerprint density at radius 1 is 1.26 bits per heavy atom. The Morgan fingerprint density at radius 2 is 2.00 bits per heavy atom. The van der Waals surface area contributed by atoms with Crippen molar-refractivity contribution in [1.29, 1.82) is 0 Å². The molecule has 0 bridgehead atoms. The van der Waals surface area contributed by atoms with Gasteiger partial charge < -0.3 is 5.32 Å². The molecule has 1 amide bonds. The zero-order chi connectivity index (χ0) is 13.7. The highest BCUT2D eigenvalue weighted by Gasteiger charge is 2.13. The molecule has 0 aliphatic heterocycles. The number of carbonyl (C=O) groups excluding carboxylic acids is 1. The first-order chi connectivity index (χ1) is 9.22. The van der Waals surface area contributed by atoms with Crippen LogP contribution >= 0.6 is 11.3 Å². The van der Waals surface area contributed by atoms with Crippen molar-refractivity contribution in [2.75, 3.05) is 6.54 Å². The summed E-state index contributed by atoms with van der Waals surface area (Å²) in [4.78, 5) is 12.9. The van der Waals surface area contributed by atoms with Gasteiger partial charge in [0, 0.05) is 12.5 Å². The van der Waals surface area contributed by atoms with E-state index in [-0.39, 0.29) is 5.91 Å². The summed E-state index contributed by atoms with van der Waals surface area (Å²) >= 11 is 1.50. The minimum absolute atomic E-state index is 0.0434. The summed E-state index contributed by atoms with van der Waals surface area (Å²) in [5.74, 6) is 0.423. The lowest BCUT2D eigenvalue weighted by Crippen LogP contribution is -2.28. The standard InChI is InChI=1S/C16H19NOS/c1-3-13(14-7-5-4-6-8-14)11-17-16(18)15-12(2)9-10-19-15/h4-10,13H,3,11H2,1-2H3,(H,17,18). The van der Waals surface area contributed by atoms with Crippen LogP contribution in [0.5, 0.6) is 0 Å². The van der Waals surface area contributed by atoms with Gasteiger partial charge in [-0.15, -0.1) is 11.3 Å². The molecule has 1 heterocycles. The highest BCUT2D eigenvalue weighted by atomic mass is 32.1. The number of benzene rings is 1.